The van der Waals surface area contributed by atoms with E-state index in [9.17, 15) is 9.59 Å². The van der Waals surface area contributed by atoms with Crippen LogP contribution < -0.4 is 16.4 Å². The molecule has 4 N–H and O–H groups in total. The SMILES string of the molecule is CC(C)[C@H](N)C(=O)NCC(=O)NCC1CCC1.Cl. The maximum absolute atomic E-state index is 11.5. The molecule has 1 rings (SSSR count). The molecule has 1 atom stereocenters. The number of carbonyl (C=O) groups is 2. The summed E-state index contributed by atoms with van der Waals surface area (Å²) in [5, 5.41) is 5.36. The predicted molar refractivity (Wildman–Crippen MR) is 73.4 cm³/mol. The minimum atomic E-state index is -0.547. The van der Waals surface area contributed by atoms with Gasteiger partial charge in [-0.15, -0.1) is 12.4 Å². The van der Waals surface area contributed by atoms with E-state index < -0.39 is 6.04 Å². The first-order valence-corrected chi connectivity index (χ1v) is 6.30. The van der Waals surface area contributed by atoms with Crippen molar-refractivity contribution in [1.82, 2.24) is 10.6 Å². The topological polar surface area (TPSA) is 84.2 Å². The zero-order chi connectivity index (χ0) is 12.8. The van der Waals surface area contributed by atoms with Crippen molar-refractivity contribution in [3.63, 3.8) is 0 Å². The van der Waals surface area contributed by atoms with Gasteiger partial charge in [0.1, 0.15) is 0 Å². The lowest BCUT2D eigenvalue weighted by molar-refractivity contribution is -0.127. The Bertz CT molecular complexity index is 280. The summed E-state index contributed by atoms with van der Waals surface area (Å²) in [4.78, 5) is 22.9. The standard InChI is InChI=1S/C12H23N3O2.ClH/c1-8(2)11(13)12(17)15-7-10(16)14-6-9-4-3-5-9;/h8-9,11H,3-7,13H2,1-2H3,(H,14,16)(H,15,17);1H/t11-;/m0./s1. The summed E-state index contributed by atoms with van der Waals surface area (Å²) in [6.07, 6.45) is 3.66. The highest BCUT2D eigenvalue weighted by atomic mass is 35.5. The zero-order valence-electron chi connectivity index (χ0n) is 11.1. The highest BCUT2D eigenvalue weighted by molar-refractivity contribution is 5.87. The first-order valence-electron chi connectivity index (χ1n) is 6.30. The lowest BCUT2D eigenvalue weighted by Gasteiger charge is -2.25. The molecule has 0 aromatic carbocycles. The quantitative estimate of drug-likeness (QED) is 0.658. The summed E-state index contributed by atoms with van der Waals surface area (Å²) in [5.41, 5.74) is 5.66. The smallest absolute Gasteiger partial charge is 0.239 e. The van der Waals surface area contributed by atoms with Crippen LogP contribution in [0.25, 0.3) is 0 Å². The van der Waals surface area contributed by atoms with Crippen molar-refractivity contribution in [3.05, 3.63) is 0 Å². The van der Waals surface area contributed by atoms with Gasteiger partial charge in [-0.1, -0.05) is 20.3 Å². The first kappa shape index (κ1) is 17.2. The summed E-state index contributed by atoms with van der Waals surface area (Å²) in [5.74, 6) is 0.306. The Labute approximate surface area is 115 Å². The van der Waals surface area contributed by atoms with Gasteiger partial charge in [0.15, 0.2) is 0 Å². The molecule has 0 bridgehead atoms. The average Bonchev–Trinajstić information content (AvgIpc) is 2.22. The molecule has 1 aliphatic rings. The van der Waals surface area contributed by atoms with E-state index in [1.165, 1.54) is 19.3 Å². The van der Waals surface area contributed by atoms with Gasteiger partial charge < -0.3 is 16.4 Å². The number of amides is 2. The van der Waals surface area contributed by atoms with Crippen LogP contribution in [-0.4, -0.2) is 30.9 Å². The molecule has 0 unspecified atom stereocenters. The van der Waals surface area contributed by atoms with Crippen molar-refractivity contribution in [1.29, 1.82) is 0 Å². The molecule has 0 radical (unpaired) electrons. The van der Waals surface area contributed by atoms with Gasteiger partial charge in [-0.3, -0.25) is 9.59 Å². The van der Waals surface area contributed by atoms with Crippen molar-refractivity contribution in [2.24, 2.45) is 17.6 Å². The van der Waals surface area contributed by atoms with Crippen LogP contribution in [0.3, 0.4) is 0 Å². The minimum Gasteiger partial charge on any atom is -0.354 e. The molecule has 5 nitrogen and oxygen atoms in total. The van der Waals surface area contributed by atoms with Gasteiger partial charge in [-0.2, -0.15) is 0 Å². The number of rotatable bonds is 6. The van der Waals surface area contributed by atoms with E-state index in [0.717, 1.165) is 6.54 Å². The Kier molecular flexibility index (Phi) is 7.95. The van der Waals surface area contributed by atoms with Crippen LogP contribution in [0.2, 0.25) is 0 Å². The molecule has 106 valence electrons. The zero-order valence-corrected chi connectivity index (χ0v) is 11.9. The molecular weight excluding hydrogens is 254 g/mol. The molecule has 18 heavy (non-hydrogen) atoms. The number of nitrogens with one attached hydrogen (secondary N) is 2. The maximum atomic E-state index is 11.5. The molecule has 1 saturated carbocycles. The Morgan fingerprint density at radius 3 is 2.33 bits per heavy atom. The Morgan fingerprint density at radius 2 is 1.89 bits per heavy atom. The fraction of sp³-hybridized carbons (Fsp3) is 0.833. The fourth-order valence-corrected chi connectivity index (χ4v) is 1.61. The molecule has 0 spiro atoms. The summed E-state index contributed by atoms with van der Waals surface area (Å²) in [6, 6.07) is -0.547. The Balaban J connectivity index is 0.00000289. The molecule has 0 saturated heterocycles. The molecule has 0 aliphatic heterocycles. The van der Waals surface area contributed by atoms with Crippen molar-refractivity contribution in [3.8, 4) is 0 Å². The Morgan fingerprint density at radius 1 is 1.28 bits per heavy atom. The number of hydrogen-bond donors (Lipinski definition) is 3. The second kappa shape index (κ2) is 8.32. The average molecular weight is 278 g/mol. The van der Waals surface area contributed by atoms with E-state index >= 15 is 0 Å². The highest BCUT2D eigenvalue weighted by Crippen LogP contribution is 2.24. The van der Waals surface area contributed by atoms with Crippen LogP contribution in [0.5, 0.6) is 0 Å². The second-order valence-electron chi connectivity index (χ2n) is 5.09. The van der Waals surface area contributed by atoms with Crippen LogP contribution in [0, 0.1) is 11.8 Å². The monoisotopic (exact) mass is 277 g/mol. The fourth-order valence-electron chi connectivity index (χ4n) is 1.61. The van der Waals surface area contributed by atoms with E-state index in [2.05, 4.69) is 10.6 Å². The minimum absolute atomic E-state index is 0. The third-order valence-electron chi connectivity index (χ3n) is 3.26. The normalized spacial score (nSPS) is 16.4. The van der Waals surface area contributed by atoms with Crippen LogP contribution in [0.15, 0.2) is 0 Å². The molecule has 1 aliphatic carbocycles. The molecule has 1 fully saturated rings. The second-order valence-corrected chi connectivity index (χ2v) is 5.09. The molecule has 2 amide bonds. The van der Waals surface area contributed by atoms with Crippen molar-refractivity contribution < 1.29 is 9.59 Å². The van der Waals surface area contributed by atoms with Crippen LogP contribution in [0.1, 0.15) is 33.1 Å². The number of nitrogens with two attached hydrogens (primary N) is 1. The van der Waals surface area contributed by atoms with E-state index in [4.69, 9.17) is 5.73 Å². The van der Waals surface area contributed by atoms with E-state index in [0.29, 0.717) is 5.92 Å². The van der Waals surface area contributed by atoms with Gasteiger partial charge in [-0.25, -0.2) is 0 Å². The van der Waals surface area contributed by atoms with E-state index in [-0.39, 0.29) is 36.7 Å². The third-order valence-corrected chi connectivity index (χ3v) is 3.26. The molecule has 6 heteroatoms. The molecule has 0 aromatic heterocycles. The van der Waals surface area contributed by atoms with E-state index in [1.807, 2.05) is 13.8 Å². The maximum Gasteiger partial charge on any atom is 0.239 e. The lowest BCUT2D eigenvalue weighted by Crippen LogP contribution is -2.47. The predicted octanol–water partition coefficient (Wildman–Crippen LogP) is 0.424. The number of hydrogen-bond acceptors (Lipinski definition) is 3. The van der Waals surface area contributed by atoms with Gasteiger partial charge in [0.05, 0.1) is 12.6 Å². The van der Waals surface area contributed by atoms with Gasteiger partial charge >= 0.3 is 0 Å². The first-order chi connectivity index (χ1) is 8.00. The van der Waals surface area contributed by atoms with Crippen molar-refractivity contribution in [2.45, 2.75) is 39.2 Å². The van der Waals surface area contributed by atoms with Gasteiger partial charge in [0.25, 0.3) is 0 Å². The largest absolute Gasteiger partial charge is 0.354 e. The third kappa shape index (κ3) is 5.69. The molecule has 0 aromatic rings. The lowest BCUT2D eigenvalue weighted by atomic mass is 9.85. The summed E-state index contributed by atoms with van der Waals surface area (Å²) < 4.78 is 0. The van der Waals surface area contributed by atoms with E-state index in [1.54, 1.807) is 0 Å². The van der Waals surface area contributed by atoms with Crippen LogP contribution in [0.4, 0.5) is 0 Å². The number of carbonyl (C=O) groups excluding carboxylic acids is 2. The van der Waals surface area contributed by atoms with Crippen LogP contribution >= 0.6 is 12.4 Å². The van der Waals surface area contributed by atoms with Gasteiger partial charge in [-0.05, 0) is 24.7 Å². The highest BCUT2D eigenvalue weighted by Gasteiger charge is 2.19. The van der Waals surface area contributed by atoms with Gasteiger partial charge in [0, 0.05) is 6.54 Å². The van der Waals surface area contributed by atoms with Crippen LogP contribution in [-0.2, 0) is 9.59 Å². The molecular formula is C12H24ClN3O2. The van der Waals surface area contributed by atoms with Crippen molar-refractivity contribution >= 4 is 24.2 Å². The summed E-state index contributed by atoms with van der Waals surface area (Å²) in [6.45, 7) is 4.50. The number of halogens is 1. The summed E-state index contributed by atoms with van der Waals surface area (Å²) >= 11 is 0. The van der Waals surface area contributed by atoms with Crippen molar-refractivity contribution in [2.75, 3.05) is 13.1 Å². The Hall–Kier alpha value is -0.810. The summed E-state index contributed by atoms with van der Waals surface area (Å²) in [7, 11) is 0. The molecule has 0 heterocycles. The van der Waals surface area contributed by atoms with Gasteiger partial charge in [0.2, 0.25) is 11.8 Å².